The van der Waals surface area contributed by atoms with E-state index in [2.05, 4.69) is 29.6 Å². The number of amides is 2. The van der Waals surface area contributed by atoms with Crippen LogP contribution in [0.5, 0.6) is 0 Å². The molecule has 3 unspecified atom stereocenters. The van der Waals surface area contributed by atoms with Crippen molar-refractivity contribution in [2.75, 3.05) is 26.2 Å². The lowest BCUT2D eigenvalue weighted by molar-refractivity contribution is -0.142. The molecule has 1 aliphatic heterocycles. The number of carboxylic acid groups (broad SMARTS) is 1. The number of rotatable bonds is 7. The Morgan fingerprint density at radius 3 is 2.20 bits per heavy atom. The summed E-state index contributed by atoms with van der Waals surface area (Å²) in [6, 6.07) is 16.4. The van der Waals surface area contributed by atoms with E-state index in [1.54, 1.807) is 4.90 Å². The van der Waals surface area contributed by atoms with E-state index in [1.807, 2.05) is 31.2 Å². The predicted molar refractivity (Wildman–Crippen MR) is 131 cm³/mol. The van der Waals surface area contributed by atoms with Crippen LogP contribution in [-0.4, -0.2) is 54.2 Å². The van der Waals surface area contributed by atoms with Crippen molar-refractivity contribution >= 4 is 18.0 Å². The number of ether oxygens (including phenoxy) is 1. The maximum atomic E-state index is 13.3. The van der Waals surface area contributed by atoms with Crippen LogP contribution in [0.1, 0.15) is 43.2 Å². The first-order valence-electron chi connectivity index (χ1n) is 12.5. The zero-order valence-electron chi connectivity index (χ0n) is 20.0. The predicted octanol–water partition coefficient (Wildman–Crippen LogP) is 4.12. The van der Waals surface area contributed by atoms with Gasteiger partial charge in [0, 0.05) is 25.6 Å². The Balaban J connectivity index is 1.20. The van der Waals surface area contributed by atoms with E-state index in [1.165, 1.54) is 11.1 Å². The molecule has 0 radical (unpaired) electrons. The van der Waals surface area contributed by atoms with Gasteiger partial charge in [0.05, 0.1) is 11.8 Å². The molecule has 2 amide bonds. The average Bonchev–Trinajstić information content (AvgIpc) is 3.37. The smallest absolute Gasteiger partial charge is 0.407 e. The fraction of sp³-hybridized carbons (Fsp3) is 0.464. The fourth-order valence-electron chi connectivity index (χ4n) is 5.84. The zero-order chi connectivity index (χ0) is 24.5. The molecule has 2 fully saturated rings. The van der Waals surface area contributed by atoms with Crippen molar-refractivity contribution in [3.8, 4) is 11.1 Å². The second kappa shape index (κ2) is 9.72. The molecule has 7 heteroatoms. The van der Waals surface area contributed by atoms with Crippen LogP contribution in [0.4, 0.5) is 4.79 Å². The SMILES string of the molecule is CC1CN(C(=O)C(CNC(=O)OCC2c3ccccc3-c3ccccc32)C2CCC2)CC1C(=O)O. The van der Waals surface area contributed by atoms with Crippen molar-refractivity contribution in [3.63, 3.8) is 0 Å². The van der Waals surface area contributed by atoms with Crippen LogP contribution in [0.3, 0.4) is 0 Å². The normalized spacial score (nSPS) is 22.1. The molecule has 0 spiro atoms. The summed E-state index contributed by atoms with van der Waals surface area (Å²) in [5.74, 6) is -1.66. The van der Waals surface area contributed by atoms with E-state index < -0.39 is 18.0 Å². The minimum atomic E-state index is -0.857. The third-order valence-electron chi connectivity index (χ3n) is 8.09. The summed E-state index contributed by atoms with van der Waals surface area (Å²) in [6.45, 7) is 3.00. The van der Waals surface area contributed by atoms with Crippen molar-refractivity contribution < 1.29 is 24.2 Å². The van der Waals surface area contributed by atoms with Crippen molar-refractivity contribution in [3.05, 3.63) is 59.7 Å². The molecule has 2 aromatic rings. The topological polar surface area (TPSA) is 95.9 Å². The van der Waals surface area contributed by atoms with Gasteiger partial charge in [-0.05, 0) is 46.9 Å². The summed E-state index contributed by atoms with van der Waals surface area (Å²) in [5.41, 5.74) is 4.65. The van der Waals surface area contributed by atoms with Gasteiger partial charge < -0.3 is 20.1 Å². The van der Waals surface area contributed by atoms with Gasteiger partial charge in [-0.2, -0.15) is 0 Å². The first-order valence-corrected chi connectivity index (χ1v) is 12.5. The van der Waals surface area contributed by atoms with Crippen LogP contribution in [0, 0.1) is 23.7 Å². The molecule has 3 atom stereocenters. The van der Waals surface area contributed by atoms with Crippen LogP contribution in [0.2, 0.25) is 0 Å². The number of nitrogens with zero attached hydrogens (tertiary/aromatic N) is 1. The number of carboxylic acids is 1. The number of alkyl carbamates (subject to hydrolysis) is 1. The van der Waals surface area contributed by atoms with Gasteiger partial charge in [0.15, 0.2) is 0 Å². The molecule has 1 saturated carbocycles. The van der Waals surface area contributed by atoms with E-state index in [9.17, 15) is 19.5 Å². The minimum absolute atomic E-state index is 0.0174. The lowest BCUT2D eigenvalue weighted by Gasteiger charge is -2.35. The van der Waals surface area contributed by atoms with Gasteiger partial charge in [-0.15, -0.1) is 0 Å². The van der Waals surface area contributed by atoms with Crippen molar-refractivity contribution in [2.24, 2.45) is 23.7 Å². The summed E-state index contributed by atoms with van der Waals surface area (Å²) in [7, 11) is 0. The molecule has 7 nitrogen and oxygen atoms in total. The van der Waals surface area contributed by atoms with Crippen molar-refractivity contribution in [1.29, 1.82) is 0 Å². The molecule has 3 aliphatic rings. The number of likely N-dealkylation sites (tertiary alicyclic amines) is 1. The molecule has 5 rings (SSSR count). The van der Waals surface area contributed by atoms with E-state index in [-0.39, 0.29) is 49.3 Å². The summed E-state index contributed by atoms with van der Waals surface area (Å²) < 4.78 is 5.64. The lowest BCUT2D eigenvalue weighted by atomic mass is 9.75. The summed E-state index contributed by atoms with van der Waals surface area (Å²) in [6.07, 6.45) is 2.46. The fourth-order valence-corrected chi connectivity index (χ4v) is 5.84. The number of benzene rings is 2. The third kappa shape index (κ3) is 4.51. The number of carbonyl (C=O) groups excluding carboxylic acids is 2. The van der Waals surface area contributed by atoms with E-state index in [0.29, 0.717) is 6.54 Å². The number of hydrogen-bond acceptors (Lipinski definition) is 4. The highest BCUT2D eigenvalue weighted by molar-refractivity contribution is 5.82. The molecule has 0 bridgehead atoms. The molecule has 2 aromatic carbocycles. The zero-order valence-corrected chi connectivity index (χ0v) is 20.0. The number of fused-ring (bicyclic) bond motifs is 3. The molecule has 184 valence electrons. The summed E-state index contributed by atoms with van der Waals surface area (Å²) in [4.78, 5) is 39.1. The molecule has 1 saturated heterocycles. The molecular formula is C28H32N2O5. The molecule has 2 aliphatic carbocycles. The van der Waals surface area contributed by atoms with Crippen LogP contribution in [0.25, 0.3) is 11.1 Å². The Labute approximate surface area is 205 Å². The Kier molecular flexibility index (Phi) is 6.50. The molecular weight excluding hydrogens is 444 g/mol. The van der Waals surface area contributed by atoms with E-state index >= 15 is 0 Å². The standard InChI is InChI=1S/C28H32N2O5/c1-17-14-30(15-24(17)27(32)33)26(31)23(18-7-6-8-18)13-29-28(34)35-16-25-21-11-4-2-9-19(21)20-10-3-5-12-22(20)25/h2-5,9-12,17-18,23-25H,6-8,13-16H2,1H3,(H,29,34)(H,32,33). The Bertz CT molecular complexity index is 1080. The van der Waals surface area contributed by atoms with Crippen molar-refractivity contribution in [1.82, 2.24) is 10.2 Å². The lowest BCUT2D eigenvalue weighted by Crippen LogP contribution is -2.46. The highest BCUT2D eigenvalue weighted by Crippen LogP contribution is 2.44. The molecule has 35 heavy (non-hydrogen) atoms. The number of aliphatic carboxylic acids is 1. The van der Waals surface area contributed by atoms with Gasteiger partial charge in [-0.3, -0.25) is 9.59 Å². The first-order chi connectivity index (χ1) is 16.9. The molecule has 1 heterocycles. The van der Waals surface area contributed by atoms with Gasteiger partial charge in [0.1, 0.15) is 6.61 Å². The number of nitrogens with one attached hydrogen (secondary N) is 1. The number of hydrogen-bond donors (Lipinski definition) is 2. The van der Waals surface area contributed by atoms with E-state index in [4.69, 9.17) is 4.74 Å². The maximum absolute atomic E-state index is 13.3. The van der Waals surface area contributed by atoms with Crippen LogP contribution in [-0.2, 0) is 14.3 Å². The van der Waals surface area contributed by atoms with Gasteiger partial charge in [-0.1, -0.05) is 61.9 Å². The average molecular weight is 477 g/mol. The van der Waals surface area contributed by atoms with Crippen molar-refractivity contribution in [2.45, 2.75) is 32.1 Å². The summed E-state index contributed by atoms with van der Waals surface area (Å²) >= 11 is 0. The highest BCUT2D eigenvalue weighted by Gasteiger charge is 2.42. The monoisotopic (exact) mass is 476 g/mol. The first kappa shape index (κ1) is 23.4. The Morgan fingerprint density at radius 2 is 1.66 bits per heavy atom. The largest absolute Gasteiger partial charge is 0.481 e. The van der Waals surface area contributed by atoms with E-state index in [0.717, 1.165) is 30.4 Å². The van der Waals surface area contributed by atoms with Gasteiger partial charge in [0.25, 0.3) is 0 Å². The molecule has 0 aromatic heterocycles. The highest BCUT2D eigenvalue weighted by atomic mass is 16.5. The van der Waals surface area contributed by atoms with Gasteiger partial charge >= 0.3 is 12.1 Å². The minimum Gasteiger partial charge on any atom is -0.481 e. The molecule has 2 N–H and O–H groups in total. The third-order valence-corrected chi connectivity index (χ3v) is 8.09. The Hall–Kier alpha value is -3.35. The van der Waals surface area contributed by atoms with Gasteiger partial charge in [0.2, 0.25) is 5.91 Å². The quantitative estimate of drug-likeness (QED) is 0.627. The van der Waals surface area contributed by atoms with Crippen LogP contribution >= 0.6 is 0 Å². The second-order valence-electron chi connectivity index (χ2n) is 10.2. The second-order valence-corrected chi connectivity index (χ2v) is 10.2. The number of carbonyl (C=O) groups is 3. The summed E-state index contributed by atoms with van der Waals surface area (Å²) in [5, 5.41) is 12.3. The van der Waals surface area contributed by atoms with Gasteiger partial charge in [-0.25, -0.2) is 4.79 Å². The van der Waals surface area contributed by atoms with Crippen LogP contribution in [0.15, 0.2) is 48.5 Å². The Morgan fingerprint density at radius 1 is 1.03 bits per heavy atom. The van der Waals surface area contributed by atoms with Crippen LogP contribution < -0.4 is 5.32 Å². The maximum Gasteiger partial charge on any atom is 0.407 e.